The van der Waals surface area contributed by atoms with E-state index >= 15 is 0 Å². The summed E-state index contributed by atoms with van der Waals surface area (Å²) in [6.45, 7) is 2.26. The number of amides is 1. The van der Waals surface area contributed by atoms with Gasteiger partial charge in [-0.2, -0.15) is 0 Å². The van der Waals surface area contributed by atoms with Crippen molar-refractivity contribution in [2.75, 3.05) is 29.1 Å². The standard InChI is InChI=1S/C18H18Cl2N2O5S/c1-11(18(23)21-14-5-3-4-13(19)17(14)20)22(28(2,24)25)12-6-7-15-16(10-12)27-9-8-26-15/h3-7,10-11H,8-9H2,1-2H3,(H,21,23)/t11-/m0/s1. The Kier molecular flexibility index (Phi) is 5.92. The van der Waals surface area contributed by atoms with Gasteiger partial charge in [-0.15, -0.1) is 0 Å². The highest BCUT2D eigenvalue weighted by Crippen LogP contribution is 2.36. The summed E-state index contributed by atoms with van der Waals surface area (Å²) in [7, 11) is -3.78. The average molecular weight is 445 g/mol. The van der Waals surface area contributed by atoms with Crippen LogP contribution in [0.1, 0.15) is 6.92 Å². The Morgan fingerprint density at radius 1 is 1.14 bits per heavy atom. The first-order valence-electron chi connectivity index (χ1n) is 8.32. The van der Waals surface area contributed by atoms with Crippen LogP contribution in [0.15, 0.2) is 36.4 Å². The van der Waals surface area contributed by atoms with Gasteiger partial charge in [-0.05, 0) is 31.2 Å². The molecule has 3 rings (SSSR count). The molecular formula is C18H18Cl2N2O5S. The van der Waals surface area contributed by atoms with Crippen LogP contribution < -0.4 is 19.1 Å². The summed E-state index contributed by atoms with van der Waals surface area (Å²) >= 11 is 12.1. The Labute approximate surface area is 173 Å². The van der Waals surface area contributed by atoms with Gasteiger partial charge < -0.3 is 14.8 Å². The molecule has 2 aromatic carbocycles. The van der Waals surface area contributed by atoms with Gasteiger partial charge in [0, 0.05) is 6.07 Å². The molecule has 0 spiro atoms. The quantitative estimate of drug-likeness (QED) is 0.761. The van der Waals surface area contributed by atoms with Gasteiger partial charge in [0.15, 0.2) is 11.5 Å². The second-order valence-corrected chi connectivity index (χ2v) is 8.80. The minimum absolute atomic E-state index is 0.176. The normalized spacial score (nSPS) is 14.3. The number of carbonyl (C=O) groups is 1. The number of nitrogens with zero attached hydrogens (tertiary/aromatic N) is 1. The van der Waals surface area contributed by atoms with Gasteiger partial charge in [-0.25, -0.2) is 8.42 Å². The van der Waals surface area contributed by atoms with Crippen LogP contribution in [-0.4, -0.2) is 39.8 Å². The maximum atomic E-state index is 12.8. The lowest BCUT2D eigenvalue weighted by molar-refractivity contribution is -0.116. The van der Waals surface area contributed by atoms with Crippen molar-refractivity contribution in [2.45, 2.75) is 13.0 Å². The van der Waals surface area contributed by atoms with Crippen molar-refractivity contribution in [2.24, 2.45) is 0 Å². The first-order chi connectivity index (χ1) is 13.2. The van der Waals surface area contributed by atoms with Crippen LogP contribution in [0.5, 0.6) is 11.5 Å². The molecule has 0 saturated heterocycles. The fraction of sp³-hybridized carbons (Fsp3) is 0.278. The molecule has 0 radical (unpaired) electrons. The number of halogens is 2. The molecule has 1 amide bonds. The summed E-state index contributed by atoms with van der Waals surface area (Å²) in [4.78, 5) is 12.8. The molecule has 1 N–H and O–H groups in total. The second kappa shape index (κ2) is 8.06. The number of carbonyl (C=O) groups excluding carboxylic acids is 1. The molecule has 7 nitrogen and oxygen atoms in total. The molecule has 0 fully saturated rings. The zero-order chi connectivity index (χ0) is 20.5. The summed E-state index contributed by atoms with van der Waals surface area (Å²) in [6.07, 6.45) is 1.03. The fourth-order valence-corrected chi connectivity index (χ4v) is 4.33. The second-order valence-electron chi connectivity index (χ2n) is 6.15. The topological polar surface area (TPSA) is 84.9 Å². The van der Waals surface area contributed by atoms with Crippen LogP contribution >= 0.6 is 23.2 Å². The molecular weight excluding hydrogens is 427 g/mol. The van der Waals surface area contributed by atoms with Gasteiger partial charge in [0.05, 0.1) is 27.7 Å². The van der Waals surface area contributed by atoms with Crippen molar-refractivity contribution < 1.29 is 22.7 Å². The van der Waals surface area contributed by atoms with Crippen molar-refractivity contribution in [3.8, 4) is 11.5 Å². The Morgan fingerprint density at radius 3 is 2.50 bits per heavy atom. The van der Waals surface area contributed by atoms with E-state index in [2.05, 4.69) is 5.32 Å². The molecule has 1 aliphatic heterocycles. The third-order valence-electron chi connectivity index (χ3n) is 4.08. The predicted molar refractivity (Wildman–Crippen MR) is 109 cm³/mol. The zero-order valence-corrected chi connectivity index (χ0v) is 17.4. The van der Waals surface area contributed by atoms with Crippen molar-refractivity contribution in [3.63, 3.8) is 0 Å². The van der Waals surface area contributed by atoms with E-state index in [0.29, 0.717) is 30.4 Å². The highest BCUT2D eigenvalue weighted by Gasteiger charge is 2.30. The number of rotatable bonds is 5. The molecule has 150 valence electrons. The van der Waals surface area contributed by atoms with Crippen LogP contribution in [0, 0.1) is 0 Å². The Balaban J connectivity index is 1.91. The number of nitrogens with one attached hydrogen (secondary N) is 1. The van der Waals surface area contributed by atoms with Crippen LogP contribution in [0.3, 0.4) is 0 Å². The maximum absolute atomic E-state index is 12.8. The highest BCUT2D eigenvalue weighted by atomic mass is 35.5. The Morgan fingerprint density at radius 2 is 1.82 bits per heavy atom. The van der Waals surface area contributed by atoms with Crippen molar-refractivity contribution in [1.82, 2.24) is 0 Å². The number of sulfonamides is 1. The van der Waals surface area contributed by atoms with E-state index in [-0.39, 0.29) is 15.7 Å². The van der Waals surface area contributed by atoms with Gasteiger partial charge in [0.2, 0.25) is 15.9 Å². The minimum atomic E-state index is -3.78. The molecule has 0 aromatic heterocycles. The van der Waals surface area contributed by atoms with Crippen LogP contribution in [0.25, 0.3) is 0 Å². The summed E-state index contributed by atoms with van der Waals surface area (Å²) in [5.74, 6) is 0.374. The van der Waals surface area contributed by atoms with E-state index in [0.717, 1.165) is 10.6 Å². The number of ether oxygens (including phenoxy) is 2. The Bertz CT molecular complexity index is 1010. The first kappa shape index (κ1) is 20.6. The summed E-state index contributed by atoms with van der Waals surface area (Å²) < 4.78 is 36.9. The molecule has 0 bridgehead atoms. The largest absolute Gasteiger partial charge is 0.486 e. The highest BCUT2D eigenvalue weighted by molar-refractivity contribution is 7.92. The SMILES string of the molecule is C[C@@H](C(=O)Nc1cccc(Cl)c1Cl)N(c1ccc2c(c1)OCCO2)S(C)(=O)=O. The molecule has 0 unspecified atom stereocenters. The summed E-state index contributed by atoms with van der Waals surface area (Å²) in [6, 6.07) is 8.43. The number of fused-ring (bicyclic) bond motifs is 1. The number of benzene rings is 2. The average Bonchev–Trinajstić information content (AvgIpc) is 2.64. The van der Waals surface area contributed by atoms with E-state index in [9.17, 15) is 13.2 Å². The van der Waals surface area contributed by atoms with E-state index < -0.39 is 22.0 Å². The molecule has 28 heavy (non-hydrogen) atoms. The number of anilines is 2. The lowest BCUT2D eigenvalue weighted by Crippen LogP contribution is -2.45. The van der Waals surface area contributed by atoms with Gasteiger partial charge in [-0.3, -0.25) is 9.10 Å². The summed E-state index contributed by atoms with van der Waals surface area (Å²) in [5, 5.41) is 3.07. The smallest absolute Gasteiger partial charge is 0.248 e. The molecule has 0 aliphatic carbocycles. The zero-order valence-electron chi connectivity index (χ0n) is 15.1. The van der Waals surface area contributed by atoms with Gasteiger partial charge in [0.25, 0.3) is 0 Å². The van der Waals surface area contributed by atoms with Crippen LogP contribution in [0.2, 0.25) is 10.0 Å². The molecule has 1 aliphatic rings. The van der Waals surface area contributed by atoms with Gasteiger partial charge >= 0.3 is 0 Å². The first-order valence-corrected chi connectivity index (χ1v) is 10.9. The van der Waals surface area contributed by atoms with Crippen molar-refractivity contribution in [1.29, 1.82) is 0 Å². The van der Waals surface area contributed by atoms with E-state index in [1.807, 2.05) is 0 Å². The van der Waals surface area contributed by atoms with Crippen molar-refractivity contribution in [3.05, 3.63) is 46.4 Å². The van der Waals surface area contributed by atoms with Gasteiger partial charge in [0.1, 0.15) is 19.3 Å². The van der Waals surface area contributed by atoms with Crippen LogP contribution in [-0.2, 0) is 14.8 Å². The molecule has 0 saturated carbocycles. The Hall–Kier alpha value is -2.16. The van der Waals surface area contributed by atoms with E-state index in [4.69, 9.17) is 32.7 Å². The van der Waals surface area contributed by atoms with Gasteiger partial charge in [-0.1, -0.05) is 29.3 Å². The molecule has 1 atom stereocenters. The lowest BCUT2D eigenvalue weighted by atomic mass is 10.2. The number of hydrogen-bond acceptors (Lipinski definition) is 5. The maximum Gasteiger partial charge on any atom is 0.248 e. The third-order valence-corrected chi connectivity index (χ3v) is 6.14. The molecule has 1 heterocycles. The molecule has 10 heteroatoms. The minimum Gasteiger partial charge on any atom is -0.486 e. The van der Waals surface area contributed by atoms with E-state index in [1.54, 1.807) is 30.3 Å². The molecule has 2 aromatic rings. The fourth-order valence-electron chi connectivity index (χ4n) is 2.82. The summed E-state index contributed by atoms with van der Waals surface area (Å²) in [5.41, 5.74) is 0.577. The van der Waals surface area contributed by atoms with Crippen molar-refractivity contribution >= 4 is 50.5 Å². The lowest BCUT2D eigenvalue weighted by Gasteiger charge is -2.29. The predicted octanol–water partition coefficient (Wildman–Crippen LogP) is 3.56. The monoisotopic (exact) mass is 444 g/mol. The number of hydrogen-bond donors (Lipinski definition) is 1. The van der Waals surface area contributed by atoms with E-state index in [1.165, 1.54) is 13.0 Å². The van der Waals surface area contributed by atoms with Crippen LogP contribution in [0.4, 0.5) is 11.4 Å². The third kappa shape index (κ3) is 4.29.